The van der Waals surface area contributed by atoms with E-state index in [4.69, 9.17) is 0 Å². The van der Waals surface area contributed by atoms with Crippen LogP contribution in [0.15, 0.2) is 24.3 Å². The SMILES string of the molecule is CC(C)N(C)CC(=O)N1CCN(C(=O)c2ccc(F)cc2)CC1. The lowest BCUT2D eigenvalue weighted by Crippen LogP contribution is -2.52. The van der Waals surface area contributed by atoms with E-state index in [-0.39, 0.29) is 17.6 Å². The molecule has 2 amide bonds. The number of halogens is 1. The predicted molar refractivity (Wildman–Crippen MR) is 86.6 cm³/mol. The van der Waals surface area contributed by atoms with Crippen molar-refractivity contribution < 1.29 is 14.0 Å². The van der Waals surface area contributed by atoms with Crippen LogP contribution in [0.25, 0.3) is 0 Å². The van der Waals surface area contributed by atoms with Crippen LogP contribution in [-0.2, 0) is 4.79 Å². The molecule has 6 heteroatoms. The van der Waals surface area contributed by atoms with Crippen molar-refractivity contribution in [1.29, 1.82) is 0 Å². The minimum Gasteiger partial charge on any atom is -0.338 e. The predicted octanol–water partition coefficient (Wildman–Crippen LogP) is 1.45. The Bertz CT molecular complexity index is 551. The zero-order valence-electron chi connectivity index (χ0n) is 14.0. The lowest BCUT2D eigenvalue weighted by atomic mass is 10.1. The molecule has 0 saturated carbocycles. The normalized spacial score (nSPS) is 15.4. The van der Waals surface area contributed by atoms with Crippen molar-refractivity contribution in [3.8, 4) is 0 Å². The van der Waals surface area contributed by atoms with Gasteiger partial charge < -0.3 is 9.80 Å². The molecule has 0 N–H and O–H groups in total. The highest BCUT2D eigenvalue weighted by Crippen LogP contribution is 2.10. The molecule has 1 aliphatic heterocycles. The monoisotopic (exact) mass is 321 g/mol. The summed E-state index contributed by atoms with van der Waals surface area (Å²) in [4.78, 5) is 30.1. The smallest absolute Gasteiger partial charge is 0.253 e. The van der Waals surface area contributed by atoms with E-state index in [1.165, 1.54) is 24.3 Å². The van der Waals surface area contributed by atoms with Crippen molar-refractivity contribution in [2.75, 3.05) is 39.8 Å². The van der Waals surface area contributed by atoms with Gasteiger partial charge in [0.1, 0.15) is 5.82 Å². The van der Waals surface area contributed by atoms with Gasteiger partial charge in [-0.25, -0.2) is 4.39 Å². The van der Waals surface area contributed by atoms with E-state index in [1.807, 2.05) is 25.8 Å². The summed E-state index contributed by atoms with van der Waals surface area (Å²) in [5.41, 5.74) is 0.478. The average molecular weight is 321 g/mol. The number of carbonyl (C=O) groups is 2. The Morgan fingerprint density at radius 1 is 1.09 bits per heavy atom. The summed E-state index contributed by atoms with van der Waals surface area (Å²) in [6, 6.07) is 5.88. The van der Waals surface area contributed by atoms with Gasteiger partial charge in [-0.15, -0.1) is 0 Å². The van der Waals surface area contributed by atoms with Crippen LogP contribution in [0.3, 0.4) is 0 Å². The summed E-state index contributed by atoms with van der Waals surface area (Å²) in [6.07, 6.45) is 0. The van der Waals surface area contributed by atoms with Crippen molar-refractivity contribution in [2.24, 2.45) is 0 Å². The lowest BCUT2D eigenvalue weighted by molar-refractivity contribution is -0.134. The van der Waals surface area contributed by atoms with Gasteiger partial charge in [0.2, 0.25) is 5.91 Å². The van der Waals surface area contributed by atoms with Gasteiger partial charge >= 0.3 is 0 Å². The number of likely N-dealkylation sites (N-methyl/N-ethyl adjacent to an activating group) is 1. The molecule has 0 aliphatic carbocycles. The molecule has 126 valence electrons. The molecule has 2 rings (SSSR count). The van der Waals surface area contributed by atoms with Crippen molar-refractivity contribution in [3.63, 3.8) is 0 Å². The van der Waals surface area contributed by atoms with Gasteiger partial charge in [-0.2, -0.15) is 0 Å². The highest BCUT2D eigenvalue weighted by molar-refractivity contribution is 5.94. The van der Waals surface area contributed by atoms with Gasteiger partial charge in [-0.1, -0.05) is 0 Å². The molecule has 0 aromatic heterocycles. The summed E-state index contributed by atoms with van der Waals surface area (Å²) in [5.74, 6) is -0.377. The van der Waals surface area contributed by atoms with Crippen LogP contribution in [0.2, 0.25) is 0 Å². The molecule has 1 saturated heterocycles. The highest BCUT2D eigenvalue weighted by atomic mass is 19.1. The molecule has 0 bridgehead atoms. The molecule has 1 aliphatic rings. The Kier molecular flexibility index (Phi) is 5.71. The molecule has 5 nitrogen and oxygen atoms in total. The third-order valence-electron chi connectivity index (χ3n) is 4.28. The van der Waals surface area contributed by atoms with E-state index < -0.39 is 0 Å². The topological polar surface area (TPSA) is 43.9 Å². The lowest BCUT2D eigenvalue weighted by Gasteiger charge is -2.36. The van der Waals surface area contributed by atoms with Crippen LogP contribution in [0, 0.1) is 5.82 Å². The summed E-state index contributed by atoms with van der Waals surface area (Å²) >= 11 is 0. The van der Waals surface area contributed by atoms with E-state index in [2.05, 4.69) is 0 Å². The van der Waals surface area contributed by atoms with E-state index in [0.717, 1.165) is 0 Å². The number of amides is 2. The quantitative estimate of drug-likeness (QED) is 0.843. The van der Waals surface area contributed by atoms with Gasteiger partial charge in [0.25, 0.3) is 5.91 Å². The molecular formula is C17H24FN3O2. The minimum absolute atomic E-state index is 0.0927. The number of carbonyl (C=O) groups excluding carboxylic acids is 2. The van der Waals surface area contributed by atoms with Crippen molar-refractivity contribution in [1.82, 2.24) is 14.7 Å². The maximum Gasteiger partial charge on any atom is 0.253 e. The molecular weight excluding hydrogens is 297 g/mol. The van der Waals surface area contributed by atoms with Gasteiger partial charge in [0.15, 0.2) is 0 Å². The van der Waals surface area contributed by atoms with E-state index >= 15 is 0 Å². The van der Waals surface area contributed by atoms with Crippen molar-refractivity contribution >= 4 is 11.8 Å². The third kappa shape index (κ3) is 4.51. The number of hydrogen-bond acceptors (Lipinski definition) is 3. The second kappa shape index (κ2) is 7.55. The molecule has 0 radical (unpaired) electrons. The largest absolute Gasteiger partial charge is 0.338 e. The first-order valence-corrected chi connectivity index (χ1v) is 7.91. The average Bonchev–Trinajstić information content (AvgIpc) is 2.55. The van der Waals surface area contributed by atoms with Crippen molar-refractivity contribution in [2.45, 2.75) is 19.9 Å². The van der Waals surface area contributed by atoms with Crippen LogP contribution >= 0.6 is 0 Å². The van der Waals surface area contributed by atoms with E-state index in [0.29, 0.717) is 44.3 Å². The maximum atomic E-state index is 12.9. The Morgan fingerprint density at radius 3 is 2.13 bits per heavy atom. The summed E-state index contributed by atoms with van der Waals surface area (Å²) in [7, 11) is 1.93. The zero-order chi connectivity index (χ0) is 17.0. The molecule has 0 spiro atoms. The molecule has 1 fully saturated rings. The first-order chi connectivity index (χ1) is 10.9. The second-order valence-corrected chi connectivity index (χ2v) is 6.19. The fourth-order valence-electron chi connectivity index (χ4n) is 2.43. The van der Waals surface area contributed by atoms with E-state index in [9.17, 15) is 14.0 Å². The molecule has 1 aromatic carbocycles. The summed E-state index contributed by atoms with van der Waals surface area (Å²) < 4.78 is 12.9. The summed E-state index contributed by atoms with van der Waals surface area (Å²) in [5, 5.41) is 0. The first-order valence-electron chi connectivity index (χ1n) is 7.91. The fraction of sp³-hybridized carbons (Fsp3) is 0.529. The Balaban J connectivity index is 1.87. The van der Waals surface area contributed by atoms with Crippen LogP contribution in [-0.4, -0.2) is 72.3 Å². The first kappa shape index (κ1) is 17.4. The van der Waals surface area contributed by atoms with Crippen LogP contribution < -0.4 is 0 Å². The molecule has 0 atom stereocenters. The zero-order valence-corrected chi connectivity index (χ0v) is 14.0. The standard InChI is InChI=1S/C17H24FN3O2/c1-13(2)19(3)12-16(22)20-8-10-21(11-9-20)17(23)14-4-6-15(18)7-5-14/h4-7,13H,8-12H2,1-3H3. The maximum absolute atomic E-state index is 12.9. The molecule has 23 heavy (non-hydrogen) atoms. The molecule has 0 unspecified atom stereocenters. The van der Waals surface area contributed by atoms with Gasteiger partial charge in [-0.05, 0) is 45.2 Å². The molecule has 1 heterocycles. The Morgan fingerprint density at radius 2 is 1.61 bits per heavy atom. The van der Waals surface area contributed by atoms with Crippen LogP contribution in [0.1, 0.15) is 24.2 Å². The fourth-order valence-corrected chi connectivity index (χ4v) is 2.43. The number of hydrogen-bond donors (Lipinski definition) is 0. The highest BCUT2D eigenvalue weighted by Gasteiger charge is 2.25. The van der Waals surface area contributed by atoms with Gasteiger partial charge in [0, 0.05) is 37.8 Å². The number of benzene rings is 1. The van der Waals surface area contributed by atoms with Gasteiger partial charge in [-0.3, -0.25) is 14.5 Å². The summed E-state index contributed by atoms with van der Waals surface area (Å²) in [6.45, 7) is 6.58. The van der Waals surface area contributed by atoms with Crippen LogP contribution in [0.5, 0.6) is 0 Å². The number of nitrogens with zero attached hydrogens (tertiary/aromatic N) is 3. The van der Waals surface area contributed by atoms with Gasteiger partial charge in [0.05, 0.1) is 6.54 Å². The number of rotatable bonds is 4. The second-order valence-electron chi connectivity index (χ2n) is 6.19. The van der Waals surface area contributed by atoms with Crippen LogP contribution in [0.4, 0.5) is 4.39 Å². The number of piperazine rings is 1. The van der Waals surface area contributed by atoms with Crippen molar-refractivity contribution in [3.05, 3.63) is 35.6 Å². The third-order valence-corrected chi connectivity index (χ3v) is 4.28. The minimum atomic E-state index is -0.355. The van der Waals surface area contributed by atoms with E-state index in [1.54, 1.807) is 9.80 Å². The molecule has 1 aromatic rings. The Labute approximate surface area is 136 Å². The Hall–Kier alpha value is -1.95.